The summed E-state index contributed by atoms with van der Waals surface area (Å²) in [4.78, 5) is 0. The van der Waals surface area contributed by atoms with Crippen LogP contribution in [0.3, 0.4) is 0 Å². The van der Waals surface area contributed by atoms with E-state index in [1.807, 2.05) is 12.2 Å². The van der Waals surface area contributed by atoms with Gasteiger partial charge in [0.1, 0.15) is 0 Å². The number of rotatable bonds is 14. The summed E-state index contributed by atoms with van der Waals surface area (Å²) in [6, 6.07) is 0. The van der Waals surface area contributed by atoms with Crippen LogP contribution in [0.15, 0.2) is 49.6 Å². The van der Waals surface area contributed by atoms with Crippen molar-refractivity contribution >= 4 is 0 Å². The maximum atomic E-state index is 5.79. The molecule has 0 radical (unpaired) electrons. The van der Waals surface area contributed by atoms with E-state index < -0.39 is 0 Å². The van der Waals surface area contributed by atoms with Crippen LogP contribution < -0.4 is 0 Å². The van der Waals surface area contributed by atoms with Crippen LogP contribution in [0, 0.1) is 35.5 Å². The van der Waals surface area contributed by atoms with E-state index in [-0.39, 0.29) is 36.6 Å². The summed E-state index contributed by atoms with van der Waals surface area (Å²) < 4.78 is 48.4. The largest absolute Gasteiger partial charge is 0.384 e. The summed E-state index contributed by atoms with van der Waals surface area (Å²) in [5, 5.41) is 0. The van der Waals surface area contributed by atoms with Gasteiger partial charge in [-0.1, -0.05) is 36.5 Å². The van der Waals surface area contributed by atoms with E-state index in [1.54, 1.807) is 42.7 Å². The van der Waals surface area contributed by atoms with Crippen LogP contribution in [0.5, 0.6) is 0 Å². The third-order valence-electron chi connectivity index (χ3n) is 8.72. The molecule has 12 atom stereocenters. The molecule has 9 nitrogen and oxygen atoms in total. The molecule has 0 spiro atoms. The Hall–Kier alpha value is -1.40. The lowest BCUT2D eigenvalue weighted by Crippen LogP contribution is -2.30. The van der Waals surface area contributed by atoms with Crippen LogP contribution in [0.25, 0.3) is 0 Å². The number of ether oxygens (including phenoxy) is 9. The molecule has 0 amide bonds. The zero-order valence-electron chi connectivity index (χ0n) is 25.7. The Kier molecular flexibility index (Phi) is 14.7. The van der Waals surface area contributed by atoms with Gasteiger partial charge in [-0.25, -0.2) is 0 Å². The van der Waals surface area contributed by atoms with Crippen LogP contribution in [0.1, 0.15) is 0 Å². The average Bonchev–Trinajstić information content (AvgIpc) is 3.81. The second-order valence-electron chi connectivity index (χ2n) is 11.2. The molecule has 0 aliphatic carbocycles. The molecule has 5 rings (SSSR count). The van der Waals surface area contributed by atoms with Crippen molar-refractivity contribution in [1.29, 1.82) is 0 Å². The van der Waals surface area contributed by atoms with Crippen molar-refractivity contribution in [3.63, 3.8) is 0 Å². The van der Waals surface area contributed by atoms with Gasteiger partial charge in [0.25, 0.3) is 0 Å². The highest BCUT2D eigenvalue weighted by molar-refractivity contribution is 5.15. The monoisotopic (exact) mass is 580 g/mol. The minimum absolute atomic E-state index is 0.0353. The van der Waals surface area contributed by atoms with Crippen LogP contribution in [0.2, 0.25) is 0 Å². The van der Waals surface area contributed by atoms with Crippen LogP contribution >= 0.6 is 0 Å². The molecule has 0 aromatic carbocycles. The second kappa shape index (κ2) is 17.7. The first-order valence-electron chi connectivity index (χ1n) is 14.5. The first-order chi connectivity index (χ1) is 20.0. The molecule has 0 aromatic rings. The van der Waals surface area contributed by atoms with E-state index in [9.17, 15) is 0 Å². The number of methoxy groups -OCH3 is 6. The molecule has 12 unspecified atom stereocenters. The van der Waals surface area contributed by atoms with Gasteiger partial charge in [0.05, 0.1) is 76.3 Å². The third kappa shape index (κ3) is 8.37. The molecular formula is C32H52O9. The Morgan fingerprint density at radius 1 is 0.439 bits per heavy atom. The highest BCUT2D eigenvalue weighted by atomic mass is 16.5. The van der Waals surface area contributed by atoms with Gasteiger partial charge in [-0.15, -0.1) is 13.2 Å². The lowest BCUT2D eigenvalue weighted by Gasteiger charge is -2.23. The van der Waals surface area contributed by atoms with Gasteiger partial charge >= 0.3 is 0 Å². The summed E-state index contributed by atoms with van der Waals surface area (Å²) in [5.74, 6) is 2.49. The highest BCUT2D eigenvalue weighted by Gasteiger charge is 2.46. The SMILES string of the molecule is C=CC1OC(C=C)C(COC)C1COC.COCC1C2C=CC(O2)C1COC.COCC1C2C=CC(O2)C1COC. The van der Waals surface area contributed by atoms with E-state index in [2.05, 4.69) is 37.5 Å². The summed E-state index contributed by atoms with van der Waals surface area (Å²) in [7, 11) is 10.3. The van der Waals surface area contributed by atoms with Crippen LogP contribution in [-0.4, -0.2) is 119 Å². The molecular weight excluding hydrogens is 528 g/mol. The third-order valence-corrected chi connectivity index (χ3v) is 8.72. The van der Waals surface area contributed by atoms with E-state index >= 15 is 0 Å². The van der Waals surface area contributed by atoms with E-state index in [0.29, 0.717) is 48.7 Å². The summed E-state index contributed by atoms with van der Waals surface area (Å²) in [6.45, 7) is 11.9. The fraction of sp³-hybridized carbons (Fsp3) is 0.750. The molecule has 41 heavy (non-hydrogen) atoms. The van der Waals surface area contributed by atoms with E-state index in [0.717, 1.165) is 26.4 Å². The maximum absolute atomic E-state index is 5.79. The molecule has 234 valence electrons. The number of hydrogen-bond acceptors (Lipinski definition) is 9. The Labute approximate surface area is 246 Å². The molecule has 5 aliphatic heterocycles. The summed E-state index contributed by atoms with van der Waals surface area (Å²) >= 11 is 0. The first-order valence-corrected chi connectivity index (χ1v) is 14.5. The van der Waals surface area contributed by atoms with Gasteiger partial charge in [-0.05, 0) is 0 Å². The van der Waals surface area contributed by atoms with E-state index in [1.165, 1.54) is 0 Å². The molecule has 3 fully saturated rings. The maximum Gasteiger partial charge on any atom is 0.0819 e. The minimum atomic E-state index is 0.0353. The van der Waals surface area contributed by atoms with Crippen molar-refractivity contribution in [2.24, 2.45) is 35.5 Å². The van der Waals surface area contributed by atoms with Crippen LogP contribution in [-0.2, 0) is 42.6 Å². The lowest BCUT2D eigenvalue weighted by molar-refractivity contribution is 0.0663. The topological polar surface area (TPSA) is 83.1 Å². The molecule has 4 bridgehead atoms. The predicted octanol–water partition coefficient (Wildman–Crippen LogP) is 3.35. The van der Waals surface area contributed by atoms with Crippen molar-refractivity contribution in [3.8, 4) is 0 Å². The van der Waals surface area contributed by atoms with Gasteiger partial charge < -0.3 is 42.6 Å². The zero-order chi connectivity index (χ0) is 29.8. The first kappa shape index (κ1) is 34.1. The molecule has 5 aliphatic rings. The summed E-state index contributed by atoms with van der Waals surface area (Å²) in [5.41, 5.74) is 0. The highest BCUT2D eigenvalue weighted by Crippen LogP contribution is 2.40. The predicted molar refractivity (Wildman–Crippen MR) is 157 cm³/mol. The van der Waals surface area contributed by atoms with E-state index in [4.69, 9.17) is 42.6 Å². The Morgan fingerprint density at radius 2 is 0.683 bits per heavy atom. The lowest BCUT2D eigenvalue weighted by atomic mass is 9.84. The number of hydrogen-bond donors (Lipinski definition) is 0. The molecule has 0 N–H and O–H groups in total. The second-order valence-corrected chi connectivity index (χ2v) is 11.2. The van der Waals surface area contributed by atoms with Crippen molar-refractivity contribution in [1.82, 2.24) is 0 Å². The molecule has 5 heterocycles. The van der Waals surface area contributed by atoms with Crippen LogP contribution in [0.4, 0.5) is 0 Å². The van der Waals surface area contributed by atoms with Gasteiger partial charge in [0, 0.05) is 78.2 Å². The van der Waals surface area contributed by atoms with Gasteiger partial charge in [-0.3, -0.25) is 0 Å². The van der Waals surface area contributed by atoms with Gasteiger partial charge in [0.2, 0.25) is 0 Å². The van der Waals surface area contributed by atoms with Crippen molar-refractivity contribution in [2.45, 2.75) is 36.6 Å². The standard InChI is InChI=1S/C12H20O3.2C10H16O3/c1-5-11-9(7-13-3)10(8-14-4)12(6-2)15-11;2*1-11-5-7-8(6-12-2)10-4-3-9(7)13-10/h5-6,9-12H,1-2,7-8H2,3-4H3;2*3-4,7-10H,5-6H2,1-2H3. The molecule has 3 saturated heterocycles. The smallest absolute Gasteiger partial charge is 0.0819 e. The number of fused-ring (bicyclic) bond motifs is 4. The quantitative estimate of drug-likeness (QED) is 0.287. The molecule has 0 aromatic heterocycles. The Balaban J connectivity index is 0.000000170. The van der Waals surface area contributed by atoms with Crippen molar-refractivity contribution in [2.75, 3.05) is 82.3 Å². The normalized spacial score (nSPS) is 39.4. The van der Waals surface area contributed by atoms with Gasteiger partial charge in [0.15, 0.2) is 0 Å². The average molecular weight is 581 g/mol. The van der Waals surface area contributed by atoms with Crippen molar-refractivity contribution in [3.05, 3.63) is 49.6 Å². The molecule has 0 saturated carbocycles. The Morgan fingerprint density at radius 3 is 0.902 bits per heavy atom. The van der Waals surface area contributed by atoms with Crippen molar-refractivity contribution < 1.29 is 42.6 Å². The fourth-order valence-electron chi connectivity index (χ4n) is 6.73. The Bertz CT molecular complexity index is 726. The minimum Gasteiger partial charge on any atom is -0.384 e. The fourth-order valence-corrected chi connectivity index (χ4v) is 6.73. The van der Waals surface area contributed by atoms with Gasteiger partial charge in [-0.2, -0.15) is 0 Å². The molecule has 9 heteroatoms. The summed E-state index contributed by atoms with van der Waals surface area (Å²) in [6.07, 6.45) is 13.3. The zero-order valence-corrected chi connectivity index (χ0v) is 25.7.